The summed E-state index contributed by atoms with van der Waals surface area (Å²) in [5, 5.41) is 11.3. The molecule has 0 aliphatic carbocycles. The van der Waals surface area contributed by atoms with Gasteiger partial charge in [-0.25, -0.2) is 4.79 Å². The van der Waals surface area contributed by atoms with Crippen LogP contribution in [0, 0.1) is 0 Å². The number of amides is 1. The van der Waals surface area contributed by atoms with Crippen molar-refractivity contribution in [3.8, 4) is 5.75 Å². The molecule has 6 heteroatoms. The first kappa shape index (κ1) is 8.61. The van der Waals surface area contributed by atoms with Gasteiger partial charge in [0.15, 0.2) is 17.5 Å². The molecule has 14 heavy (non-hydrogen) atoms. The number of hydrogen-bond donors (Lipinski definition) is 3. The quantitative estimate of drug-likeness (QED) is 0.607. The third-order valence-corrected chi connectivity index (χ3v) is 1.97. The lowest BCUT2D eigenvalue weighted by Crippen LogP contribution is -2.34. The van der Waals surface area contributed by atoms with Crippen LogP contribution in [0.15, 0.2) is 6.20 Å². The zero-order valence-corrected chi connectivity index (χ0v) is 7.33. The highest BCUT2D eigenvalue weighted by Crippen LogP contribution is 2.32. The van der Waals surface area contributed by atoms with Crippen molar-refractivity contribution in [2.75, 3.05) is 5.32 Å². The zero-order valence-electron chi connectivity index (χ0n) is 7.33. The minimum atomic E-state index is -1.12. The van der Waals surface area contributed by atoms with E-state index in [0.717, 1.165) is 0 Å². The van der Waals surface area contributed by atoms with Gasteiger partial charge in [-0.05, 0) is 6.92 Å². The van der Waals surface area contributed by atoms with Crippen molar-refractivity contribution in [1.82, 2.24) is 4.98 Å². The van der Waals surface area contributed by atoms with E-state index in [4.69, 9.17) is 9.84 Å². The van der Waals surface area contributed by atoms with Gasteiger partial charge in [0, 0.05) is 6.20 Å². The van der Waals surface area contributed by atoms with E-state index in [1.54, 1.807) is 6.92 Å². The average molecular weight is 196 g/mol. The van der Waals surface area contributed by atoms with Crippen molar-refractivity contribution in [3.63, 3.8) is 0 Å². The van der Waals surface area contributed by atoms with Crippen molar-refractivity contribution in [3.05, 3.63) is 11.9 Å². The Kier molecular flexibility index (Phi) is 1.70. The van der Waals surface area contributed by atoms with Gasteiger partial charge < -0.3 is 20.1 Å². The standard InChI is InChI=1S/C8H8N2O4/c1-3-7(11)10-4-2-9-5(8(12)13)6(4)14-3/h2-3,9H,1H3,(H,10,11)(H,12,13). The average Bonchev–Trinajstić information content (AvgIpc) is 2.48. The Morgan fingerprint density at radius 1 is 1.64 bits per heavy atom. The summed E-state index contributed by atoms with van der Waals surface area (Å²) in [5.74, 6) is -1.22. The number of hydrogen-bond acceptors (Lipinski definition) is 3. The number of aromatic nitrogens is 1. The maximum Gasteiger partial charge on any atom is 0.356 e. The van der Waals surface area contributed by atoms with Crippen molar-refractivity contribution in [2.45, 2.75) is 13.0 Å². The number of rotatable bonds is 1. The second-order valence-electron chi connectivity index (χ2n) is 2.96. The van der Waals surface area contributed by atoms with Crippen molar-refractivity contribution in [2.24, 2.45) is 0 Å². The first-order chi connectivity index (χ1) is 6.59. The van der Waals surface area contributed by atoms with Gasteiger partial charge in [0.1, 0.15) is 5.69 Å². The van der Waals surface area contributed by atoms with Crippen LogP contribution in [0.3, 0.4) is 0 Å². The molecule has 0 spiro atoms. The van der Waals surface area contributed by atoms with E-state index >= 15 is 0 Å². The summed E-state index contributed by atoms with van der Waals surface area (Å²) >= 11 is 0. The summed E-state index contributed by atoms with van der Waals surface area (Å²) in [5.41, 5.74) is 0.317. The number of aromatic amines is 1. The number of anilines is 1. The van der Waals surface area contributed by atoms with Crippen LogP contribution < -0.4 is 10.1 Å². The number of H-pyrrole nitrogens is 1. The molecule has 0 aromatic carbocycles. The van der Waals surface area contributed by atoms with Gasteiger partial charge in [-0.2, -0.15) is 0 Å². The van der Waals surface area contributed by atoms with E-state index in [9.17, 15) is 9.59 Å². The van der Waals surface area contributed by atoms with Gasteiger partial charge in [0.25, 0.3) is 5.91 Å². The fraction of sp³-hybridized carbons (Fsp3) is 0.250. The minimum absolute atomic E-state index is 0.0492. The zero-order chi connectivity index (χ0) is 10.3. The van der Waals surface area contributed by atoms with Gasteiger partial charge >= 0.3 is 5.97 Å². The summed E-state index contributed by atoms with van der Waals surface area (Å²) in [6.45, 7) is 1.55. The van der Waals surface area contributed by atoms with Gasteiger partial charge in [-0.15, -0.1) is 0 Å². The Morgan fingerprint density at radius 2 is 2.36 bits per heavy atom. The van der Waals surface area contributed by atoms with Crippen molar-refractivity contribution in [1.29, 1.82) is 0 Å². The normalized spacial score (nSPS) is 19.5. The Balaban J connectivity index is 2.45. The number of aromatic carboxylic acids is 1. The fourth-order valence-corrected chi connectivity index (χ4v) is 1.25. The molecule has 1 aliphatic heterocycles. The molecule has 1 aliphatic rings. The van der Waals surface area contributed by atoms with Gasteiger partial charge in [-0.1, -0.05) is 0 Å². The molecule has 1 atom stereocenters. The molecule has 74 valence electrons. The number of carboxylic acid groups (broad SMARTS) is 1. The van der Waals surface area contributed by atoms with Crippen LogP contribution in [0.5, 0.6) is 5.75 Å². The van der Waals surface area contributed by atoms with E-state index in [1.807, 2.05) is 0 Å². The molecule has 0 saturated carbocycles. The van der Waals surface area contributed by atoms with Gasteiger partial charge in [0.2, 0.25) is 0 Å². The van der Waals surface area contributed by atoms with Crippen LogP contribution >= 0.6 is 0 Å². The molecule has 0 saturated heterocycles. The molecular formula is C8H8N2O4. The molecule has 1 amide bonds. The van der Waals surface area contributed by atoms with Gasteiger partial charge in [-0.3, -0.25) is 4.79 Å². The number of carbonyl (C=O) groups is 2. The highest BCUT2D eigenvalue weighted by molar-refractivity contribution is 6.01. The van der Waals surface area contributed by atoms with E-state index < -0.39 is 12.1 Å². The lowest BCUT2D eigenvalue weighted by atomic mass is 10.2. The SMILES string of the molecule is CC1Oc2c(c[nH]c2C(=O)O)NC1=O. The largest absolute Gasteiger partial charge is 0.476 e. The molecule has 2 heterocycles. The summed E-state index contributed by atoms with van der Waals surface area (Å²) in [6.07, 6.45) is 0.721. The topological polar surface area (TPSA) is 91.4 Å². The van der Waals surface area contributed by atoms with E-state index in [0.29, 0.717) is 5.69 Å². The Morgan fingerprint density at radius 3 is 3.00 bits per heavy atom. The van der Waals surface area contributed by atoms with Crippen molar-refractivity contribution >= 4 is 17.6 Å². The monoisotopic (exact) mass is 196 g/mol. The molecule has 0 radical (unpaired) electrons. The first-order valence-electron chi connectivity index (χ1n) is 4.02. The van der Waals surface area contributed by atoms with Crippen LogP contribution in [0.1, 0.15) is 17.4 Å². The molecule has 2 rings (SSSR count). The Labute approximate surface area is 78.9 Å². The molecular weight excluding hydrogens is 188 g/mol. The molecule has 1 unspecified atom stereocenters. The van der Waals surface area contributed by atoms with Crippen LogP contribution in [0.4, 0.5) is 5.69 Å². The summed E-state index contributed by atoms with van der Waals surface area (Å²) in [7, 11) is 0. The Bertz CT molecular complexity index is 409. The van der Waals surface area contributed by atoms with Gasteiger partial charge in [0.05, 0.1) is 0 Å². The molecule has 1 aromatic rings. The highest BCUT2D eigenvalue weighted by atomic mass is 16.5. The maximum absolute atomic E-state index is 11.1. The van der Waals surface area contributed by atoms with Crippen LogP contribution in [-0.2, 0) is 4.79 Å². The van der Waals surface area contributed by atoms with Crippen LogP contribution in [-0.4, -0.2) is 28.1 Å². The molecule has 0 bridgehead atoms. The number of carbonyl (C=O) groups excluding carboxylic acids is 1. The van der Waals surface area contributed by atoms with E-state index in [2.05, 4.69) is 10.3 Å². The van der Waals surface area contributed by atoms with E-state index in [1.165, 1.54) is 6.20 Å². The lowest BCUT2D eigenvalue weighted by Gasteiger charge is -2.20. The molecule has 6 nitrogen and oxygen atoms in total. The summed E-state index contributed by atoms with van der Waals surface area (Å²) in [6, 6.07) is 0. The number of carboxylic acids is 1. The smallest absolute Gasteiger partial charge is 0.356 e. The molecule has 0 fully saturated rings. The number of ether oxygens (including phenoxy) is 1. The first-order valence-corrected chi connectivity index (χ1v) is 4.02. The van der Waals surface area contributed by atoms with Crippen molar-refractivity contribution < 1.29 is 19.4 Å². The van der Waals surface area contributed by atoms with E-state index in [-0.39, 0.29) is 17.4 Å². The third-order valence-electron chi connectivity index (χ3n) is 1.97. The predicted octanol–water partition coefficient (Wildman–Crippen LogP) is 0.432. The second-order valence-corrected chi connectivity index (χ2v) is 2.96. The minimum Gasteiger partial charge on any atom is -0.476 e. The second kappa shape index (κ2) is 2.76. The maximum atomic E-state index is 11.1. The fourth-order valence-electron chi connectivity index (χ4n) is 1.25. The number of nitrogens with one attached hydrogen (secondary N) is 2. The lowest BCUT2D eigenvalue weighted by molar-refractivity contribution is -0.122. The van der Waals surface area contributed by atoms with Crippen LogP contribution in [0.2, 0.25) is 0 Å². The van der Waals surface area contributed by atoms with Crippen LogP contribution in [0.25, 0.3) is 0 Å². The highest BCUT2D eigenvalue weighted by Gasteiger charge is 2.29. The number of fused-ring (bicyclic) bond motifs is 1. The summed E-state index contributed by atoms with van der Waals surface area (Å²) < 4.78 is 5.15. The molecule has 1 aromatic heterocycles. The Hall–Kier alpha value is -1.98. The molecule has 3 N–H and O–H groups in total. The summed E-state index contributed by atoms with van der Waals surface area (Å²) in [4.78, 5) is 24.4. The predicted molar refractivity (Wildman–Crippen MR) is 46.5 cm³/mol. The third kappa shape index (κ3) is 1.12.